The Hall–Kier alpha value is -0.610. The van der Waals surface area contributed by atoms with Crippen molar-refractivity contribution < 1.29 is 9.53 Å². The van der Waals surface area contributed by atoms with Gasteiger partial charge >= 0.3 is 0 Å². The predicted molar refractivity (Wildman–Crippen MR) is 75.8 cm³/mol. The maximum absolute atomic E-state index is 12.7. The smallest absolute Gasteiger partial charge is 0.227 e. The molecule has 1 saturated carbocycles. The van der Waals surface area contributed by atoms with Crippen molar-refractivity contribution in [3.63, 3.8) is 0 Å². The number of piperidine rings is 1. The third-order valence-electron chi connectivity index (χ3n) is 4.85. The van der Waals surface area contributed by atoms with Crippen molar-refractivity contribution in [2.24, 2.45) is 11.7 Å². The van der Waals surface area contributed by atoms with E-state index in [9.17, 15) is 4.79 Å². The van der Waals surface area contributed by atoms with Crippen LogP contribution in [0.4, 0.5) is 0 Å². The standard InChI is InChI=1S/C15H28N2O2/c1-15(19-2)9-6-10-17(11-15)14(18)12-7-4-3-5-8-13(12)16/h12-13H,3-11,16H2,1-2H3. The van der Waals surface area contributed by atoms with Gasteiger partial charge in [-0.1, -0.05) is 19.3 Å². The van der Waals surface area contributed by atoms with Gasteiger partial charge in [-0.05, 0) is 32.6 Å². The molecule has 0 aromatic carbocycles. The van der Waals surface area contributed by atoms with E-state index in [2.05, 4.69) is 6.92 Å². The van der Waals surface area contributed by atoms with E-state index >= 15 is 0 Å². The lowest BCUT2D eigenvalue weighted by atomic mass is 9.90. The van der Waals surface area contributed by atoms with Crippen LogP contribution in [0.3, 0.4) is 0 Å². The van der Waals surface area contributed by atoms with Gasteiger partial charge in [0, 0.05) is 26.2 Å². The fraction of sp³-hybridized carbons (Fsp3) is 0.933. The summed E-state index contributed by atoms with van der Waals surface area (Å²) in [4.78, 5) is 14.7. The van der Waals surface area contributed by atoms with E-state index in [0.717, 1.165) is 38.6 Å². The summed E-state index contributed by atoms with van der Waals surface area (Å²) >= 11 is 0. The fourth-order valence-corrected chi connectivity index (χ4v) is 3.44. The minimum absolute atomic E-state index is 0.0294. The SMILES string of the molecule is COC1(C)CCCN(C(=O)C2CCCCCC2N)C1. The first-order valence-electron chi connectivity index (χ1n) is 7.65. The average Bonchev–Trinajstić information content (AvgIpc) is 2.63. The number of nitrogens with zero attached hydrogens (tertiary/aromatic N) is 1. The lowest BCUT2D eigenvalue weighted by Crippen LogP contribution is -2.53. The number of likely N-dealkylation sites (tertiary alicyclic amines) is 1. The Morgan fingerprint density at radius 2 is 2.00 bits per heavy atom. The van der Waals surface area contributed by atoms with E-state index in [0.29, 0.717) is 6.54 Å². The number of nitrogens with two attached hydrogens (primary N) is 1. The molecular formula is C15H28N2O2. The second-order valence-corrected chi connectivity index (χ2v) is 6.43. The number of carbonyl (C=O) groups excluding carboxylic acids is 1. The third kappa shape index (κ3) is 3.48. The van der Waals surface area contributed by atoms with E-state index in [1.165, 1.54) is 12.8 Å². The summed E-state index contributed by atoms with van der Waals surface area (Å²) < 4.78 is 5.57. The summed E-state index contributed by atoms with van der Waals surface area (Å²) in [5.41, 5.74) is 6.03. The lowest BCUT2D eigenvalue weighted by molar-refractivity contribution is -0.144. The van der Waals surface area contributed by atoms with Crippen molar-refractivity contribution in [1.82, 2.24) is 4.90 Å². The number of methoxy groups -OCH3 is 1. The maximum atomic E-state index is 12.7. The Morgan fingerprint density at radius 3 is 2.74 bits per heavy atom. The highest BCUT2D eigenvalue weighted by Crippen LogP contribution is 2.28. The summed E-state index contributed by atoms with van der Waals surface area (Å²) in [7, 11) is 1.74. The topological polar surface area (TPSA) is 55.6 Å². The van der Waals surface area contributed by atoms with Crippen LogP contribution in [0, 0.1) is 5.92 Å². The molecule has 4 heteroatoms. The normalized spacial score (nSPS) is 36.9. The number of hydrogen-bond donors (Lipinski definition) is 1. The monoisotopic (exact) mass is 268 g/mol. The highest BCUT2D eigenvalue weighted by molar-refractivity contribution is 5.79. The maximum Gasteiger partial charge on any atom is 0.227 e. The number of amides is 1. The van der Waals surface area contributed by atoms with Gasteiger partial charge in [0.05, 0.1) is 11.5 Å². The molecule has 1 heterocycles. The van der Waals surface area contributed by atoms with Crippen molar-refractivity contribution >= 4 is 5.91 Å². The van der Waals surface area contributed by atoms with Crippen molar-refractivity contribution in [2.75, 3.05) is 20.2 Å². The molecule has 2 aliphatic rings. The van der Waals surface area contributed by atoms with Gasteiger partial charge in [0.2, 0.25) is 5.91 Å². The molecule has 0 spiro atoms. The van der Waals surface area contributed by atoms with E-state index in [1.807, 2.05) is 4.90 Å². The third-order valence-corrected chi connectivity index (χ3v) is 4.85. The van der Waals surface area contributed by atoms with Crippen LogP contribution < -0.4 is 5.73 Å². The van der Waals surface area contributed by atoms with Gasteiger partial charge in [-0.3, -0.25) is 4.79 Å². The molecule has 0 aromatic heterocycles. The molecule has 3 atom stereocenters. The number of hydrogen-bond acceptors (Lipinski definition) is 3. The minimum atomic E-state index is -0.178. The molecular weight excluding hydrogens is 240 g/mol. The first-order chi connectivity index (χ1) is 9.06. The van der Waals surface area contributed by atoms with Crippen molar-refractivity contribution in [2.45, 2.75) is 63.5 Å². The Balaban J connectivity index is 2.01. The summed E-state index contributed by atoms with van der Waals surface area (Å²) in [6.07, 6.45) is 7.53. The number of ether oxygens (including phenoxy) is 1. The summed E-state index contributed by atoms with van der Waals surface area (Å²) in [5.74, 6) is 0.291. The van der Waals surface area contributed by atoms with Crippen LogP contribution in [0.15, 0.2) is 0 Å². The van der Waals surface area contributed by atoms with Gasteiger partial charge in [-0.15, -0.1) is 0 Å². The van der Waals surface area contributed by atoms with E-state index < -0.39 is 0 Å². The van der Waals surface area contributed by atoms with Crippen molar-refractivity contribution in [3.8, 4) is 0 Å². The first-order valence-corrected chi connectivity index (χ1v) is 7.65. The van der Waals surface area contributed by atoms with Crippen LogP contribution in [0.25, 0.3) is 0 Å². The quantitative estimate of drug-likeness (QED) is 0.778. The molecule has 2 rings (SSSR count). The zero-order valence-corrected chi connectivity index (χ0v) is 12.4. The molecule has 4 nitrogen and oxygen atoms in total. The Labute approximate surface area is 116 Å². The molecule has 2 fully saturated rings. The largest absolute Gasteiger partial charge is 0.377 e. The first kappa shape index (κ1) is 14.8. The van der Waals surface area contributed by atoms with Gasteiger partial charge in [0.25, 0.3) is 0 Å². The lowest BCUT2D eigenvalue weighted by Gasteiger charge is -2.41. The van der Waals surface area contributed by atoms with Gasteiger partial charge < -0.3 is 15.4 Å². The molecule has 0 radical (unpaired) electrons. The van der Waals surface area contributed by atoms with Crippen LogP contribution in [-0.4, -0.2) is 42.6 Å². The summed E-state index contributed by atoms with van der Waals surface area (Å²) in [6.45, 7) is 3.67. The molecule has 1 amide bonds. The zero-order valence-electron chi connectivity index (χ0n) is 12.4. The van der Waals surface area contributed by atoms with Crippen LogP contribution >= 0.6 is 0 Å². The number of rotatable bonds is 2. The molecule has 2 N–H and O–H groups in total. The van der Waals surface area contributed by atoms with Crippen molar-refractivity contribution in [3.05, 3.63) is 0 Å². The minimum Gasteiger partial charge on any atom is -0.377 e. The Morgan fingerprint density at radius 1 is 1.26 bits per heavy atom. The molecule has 0 bridgehead atoms. The predicted octanol–water partition coefficient (Wildman–Crippen LogP) is 1.92. The molecule has 19 heavy (non-hydrogen) atoms. The second-order valence-electron chi connectivity index (χ2n) is 6.43. The Bertz CT molecular complexity index is 321. The molecule has 110 valence electrons. The second kappa shape index (κ2) is 6.23. The van der Waals surface area contributed by atoms with Gasteiger partial charge in [-0.2, -0.15) is 0 Å². The highest BCUT2D eigenvalue weighted by atomic mass is 16.5. The van der Waals surface area contributed by atoms with Crippen molar-refractivity contribution in [1.29, 1.82) is 0 Å². The van der Waals surface area contributed by atoms with Crippen LogP contribution in [0.5, 0.6) is 0 Å². The molecule has 1 aliphatic heterocycles. The molecule has 0 aromatic rings. The average molecular weight is 268 g/mol. The van der Waals surface area contributed by atoms with Gasteiger partial charge in [0.1, 0.15) is 0 Å². The van der Waals surface area contributed by atoms with Crippen LogP contribution in [0.2, 0.25) is 0 Å². The Kier molecular flexibility index (Phi) is 4.85. The molecule has 3 unspecified atom stereocenters. The summed E-state index contributed by atoms with van der Waals surface area (Å²) in [5, 5.41) is 0. The van der Waals surface area contributed by atoms with Gasteiger partial charge in [-0.25, -0.2) is 0 Å². The van der Waals surface area contributed by atoms with E-state index in [1.54, 1.807) is 7.11 Å². The fourth-order valence-electron chi connectivity index (χ4n) is 3.44. The summed E-state index contributed by atoms with van der Waals surface area (Å²) in [6, 6.07) is 0.0470. The molecule has 1 saturated heterocycles. The van der Waals surface area contributed by atoms with E-state index in [4.69, 9.17) is 10.5 Å². The van der Waals surface area contributed by atoms with Gasteiger partial charge in [0.15, 0.2) is 0 Å². The van der Waals surface area contributed by atoms with Crippen LogP contribution in [0.1, 0.15) is 51.9 Å². The zero-order chi connectivity index (χ0) is 13.9. The molecule has 1 aliphatic carbocycles. The van der Waals surface area contributed by atoms with Crippen LogP contribution in [-0.2, 0) is 9.53 Å². The van der Waals surface area contributed by atoms with E-state index in [-0.39, 0.29) is 23.5 Å². The number of carbonyl (C=O) groups is 1. The highest BCUT2D eigenvalue weighted by Gasteiger charge is 2.37.